The van der Waals surface area contributed by atoms with Gasteiger partial charge in [0.05, 0.1) is 26.3 Å². The van der Waals surface area contributed by atoms with Crippen LogP contribution in [-0.4, -0.2) is 30.3 Å². The predicted octanol–water partition coefficient (Wildman–Crippen LogP) is 2.68. The molecule has 7 nitrogen and oxygen atoms in total. The SMILES string of the molecule is COc1ccc(-c2noc(CNC(=O)c3ccccc3OC)n2)cc1. The van der Waals surface area contributed by atoms with Crippen molar-refractivity contribution in [2.45, 2.75) is 6.54 Å². The third-order valence-electron chi connectivity index (χ3n) is 3.57. The lowest BCUT2D eigenvalue weighted by Crippen LogP contribution is -2.23. The Kier molecular flexibility index (Phi) is 4.94. The number of rotatable bonds is 6. The molecule has 0 saturated carbocycles. The molecule has 0 aliphatic carbocycles. The lowest BCUT2D eigenvalue weighted by atomic mass is 10.2. The molecule has 3 rings (SSSR count). The number of para-hydroxylation sites is 1. The number of ether oxygens (including phenoxy) is 2. The average molecular weight is 339 g/mol. The van der Waals surface area contributed by atoms with Crippen LogP contribution >= 0.6 is 0 Å². The zero-order valence-electron chi connectivity index (χ0n) is 13.9. The van der Waals surface area contributed by atoms with Gasteiger partial charge in [-0.1, -0.05) is 17.3 Å². The van der Waals surface area contributed by atoms with Gasteiger partial charge in [0.15, 0.2) is 0 Å². The van der Waals surface area contributed by atoms with E-state index < -0.39 is 0 Å². The minimum Gasteiger partial charge on any atom is -0.497 e. The minimum absolute atomic E-state index is 0.125. The lowest BCUT2D eigenvalue weighted by molar-refractivity contribution is 0.0943. The number of aromatic nitrogens is 2. The fraction of sp³-hybridized carbons (Fsp3) is 0.167. The summed E-state index contributed by atoms with van der Waals surface area (Å²) in [7, 11) is 3.12. The molecule has 0 saturated heterocycles. The van der Waals surface area contributed by atoms with Gasteiger partial charge in [0.1, 0.15) is 11.5 Å². The normalized spacial score (nSPS) is 10.3. The maximum atomic E-state index is 12.3. The molecule has 0 bridgehead atoms. The molecule has 0 fully saturated rings. The summed E-state index contributed by atoms with van der Waals surface area (Å²) >= 11 is 0. The Bertz CT molecular complexity index is 859. The number of carbonyl (C=O) groups is 1. The first kappa shape index (κ1) is 16.5. The number of amides is 1. The molecular formula is C18H17N3O4. The van der Waals surface area contributed by atoms with Gasteiger partial charge < -0.3 is 19.3 Å². The van der Waals surface area contributed by atoms with Gasteiger partial charge in [0, 0.05) is 5.56 Å². The molecule has 1 heterocycles. The maximum Gasteiger partial charge on any atom is 0.255 e. The summed E-state index contributed by atoms with van der Waals surface area (Å²) in [4.78, 5) is 16.5. The summed E-state index contributed by atoms with van der Waals surface area (Å²) < 4.78 is 15.5. The quantitative estimate of drug-likeness (QED) is 0.743. The molecule has 0 aliphatic heterocycles. The number of hydrogen-bond donors (Lipinski definition) is 1. The van der Waals surface area contributed by atoms with E-state index in [9.17, 15) is 4.79 Å². The van der Waals surface area contributed by atoms with E-state index in [1.807, 2.05) is 24.3 Å². The van der Waals surface area contributed by atoms with E-state index in [4.69, 9.17) is 14.0 Å². The Hall–Kier alpha value is -3.35. The number of hydrogen-bond acceptors (Lipinski definition) is 6. The second kappa shape index (κ2) is 7.48. The van der Waals surface area contributed by atoms with Crippen LogP contribution in [0.2, 0.25) is 0 Å². The van der Waals surface area contributed by atoms with Crippen LogP contribution in [0, 0.1) is 0 Å². The van der Waals surface area contributed by atoms with Crippen molar-refractivity contribution in [3.63, 3.8) is 0 Å². The van der Waals surface area contributed by atoms with Gasteiger partial charge in [-0.3, -0.25) is 4.79 Å². The average Bonchev–Trinajstić information content (AvgIpc) is 3.15. The van der Waals surface area contributed by atoms with Gasteiger partial charge >= 0.3 is 0 Å². The summed E-state index contributed by atoms with van der Waals surface area (Å²) in [5.41, 5.74) is 1.24. The van der Waals surface area contributed by atoms with E-state index in [1.165, 1.54) is 7.11 Å². The molecule has 0 spiro atoms. The molecule has 25 heavy (non-hydrogen) atoms. The molecule has 0 aliphatic rings. The van der Waals surface area contributed by atoms with Gasteiger partial charge in [-0.15, -0.1) is 0 Å². The molecule has 1 amide bonds. The highest BCUT2D eigenvalue weighted by Gasteiger charge is 2.13. The van der Waals surface area contributed by atoms with Crippen molar-refractivity contribution in [3.8, 4) is 22.9 Å². The monoisotopic (exact) mass is 339 g/mol. The summed E-state index contributed by atoms with van der Waals surface area (Å²) in [5.74, 6) is 1.74. The van der Waals surface area contributed by atoms with Crippen molar-refractivity contribution in [2.24, 2.45) is 0 Å². The Morgan fingerprint density at radius 1 is 1.08 bits per heavy atom. The summed E-state index contributed by atoms with van der Waals surface area (Å²) in [6.07, 6.45) is 0. The molecule has 1 N–H and O–H groups in total. The predicted molar refractivity (Wildman–Crippen MR) is 90.5 cm³/mol. The van der Waals surface area contributed by atoms with E-state index in [0.717, 1.165) is 11.3 Å². The molecule has 7 heteroatoms. The third kappa shape index (κ3) is 3.77. The molecule has 1 aromatic heterocycles. The van der Waals surface area contributed by atoms with Crippen molar-refractivity contribution in [1.82, 2.24) is 15.5 Å². The van der Waals surface area contributed by atoms with Crippen LogP contribution in [-0.2, 0) is 6.54 Å². The third-order valence-corrected chi connectivity index (χ3v) is 3.57. The number of nitrogens with zero attached hydrogens (tertiary/aromatic N) is 2. The van der Waals surface area contributed by atoms with Crippen LogP contribution in [0.1, 0.15) is 16.2 Å². The van der Waals surface area contributed by atoms with Crippen molar-refractivity contribution >= 4 is 5.91 Å². The molecule has 2 aromatic carbocycles. The van der Waals surface area contributed by atoms with Crippen LogP contribution < -0.4 is 14.8 Å². The van der Waals surface area contributed by atoms with Gasteiger partial charge in [0.2, 0.25) is 11.7 Å². The van der Waals surface area contributed by atoms with E-state index in [1.54, 1.807) is 31.4 Å². The highest BCUT2D eigenvalue weighted by atomic mass is 16.5. The van der Waals surface area contributed by atoms with Crippen molar-refractivity contribution in [2.75, 3.05) is 14.2 Å². The van der Waals surface area contributed by atoms with Crippen LogP contribution in [0.3, 0.4) is 0 Å². The summed E-state index contributed by atoms with van der Waals surface area (Å²) in [5, 5.41) is 6.66. The van der Waals surface area contributed by atoms with Gasteiger partial charge in [-0.25, -0.2) is 0 Å². The standard InChI is InChI=1S/C18H17N3O4/c1-23-13-9-7-12(8-10-13)17-20-16(25-21-17)11-19-18(22)14-5-3-4-6-15(14)24-2/h3-10H,11H2,1-2H3,(H,19,22). The summed E-state index contributed by atoms with van der Waals surface area (Å²) in [6, 6.07) is 14.3. The van der Waals surface area contributed by atoms with Crippen molar-refractivity contribution in [3.05, 3.63) is 60.0 Å². The van der Waals surface area contributed by atoms with Crippen LogP contribution in [0.25, 0.3) is 11.4 Å². The largest absolute Gasteiger partial charge is 0.497 e. The van der Waals surface area contributed by atoms with Crippen LogP contribution in [0.5, 0.6) is 11.5 Å². The highest BCUT2D eigenvalue weighted by Crippen LogP contribution is 2.20. The topological polar surface area (TPSA) is 86.5 Å². The van der Waals surface area contributed by atoms with Gasteiger partial charge in [0.25, 0.3) is 5.91 Å². The summed E-state index contributed by atoms with van der Waals surface area (Å²) in [6.45, 7) is 0.125. The Morgan fingerprint density at radius 3 is 2.56 bits per heavy atom. The number of carbonyl (C=O) groups excluding carboxylic acids is 1. The second-order valence-corrected chi connectivity index (χ2v) is 5.12. The number of methoxy groups -OCH3 is 2. The maximum absolute atomic E-state index is 12.3. The smallest absolute Gasteiger partial charge is 0.255 e. The number of benzene rings is 2. The van der Waals surface area contributed by atoms with Crippen LogP contribution in [0.15, 0.2) is 53.1 Å². The van der Waals surface area contributed by atoms with Gasteiger partial charge in [-0.2, -0.15) is 4.98 Å². The molecule has 128 valence electrons. The molecule has 0 radical (unpaired) electrons. The first-order valence-electron chi connectivity index (χ1n) is 7.59. The Labute approximate surface area is 144 Å². The molecule has 3 aromatic rings. The zero-order chi connectivity index (χ0) is 17.6. The molecular weight excluding hydrogens is 322 g/mol. The van der Waals surface area contributed by atoms with Gasteiger partial charge in [-0.05, 0) is 36.4 Å². The fourth-order valence-electron chi connectivity index (χ4n) is 2.27. The number of nitrogens with one attached hydrogen (secondary N) is 1. The second-order valence-electron chi connectivity index (χ2n) is 5.12. The lowest BCUT2D eigenvalue weighted by Gasteiger charge is -2.07. The van der Waals surface area contributed by atoms with Crippen molar-refractivity contribution in [1.29, 1.82) is 0 Å². The molecule has 0 atom stereocenters. The van der Waals surface area contributed by atoms with E-state index in [-0.39, 0.29) is 12.5 Å². The first-order valence-corrected chi connectivity index (χ1v) is 7.59. The van der Waals surface area contributed by atoms with E-state index >= 15 is 0 Å². The van der Waals surface area contributed by atoms with E-state index in [2.05, 4.69) is 15.5 Å². The Morgan fingerprint density at radius 2 is 1.84 bits per heavy atom. The zero-order valence-corrected chi connectivity index (χ0v) is 13.9. The van der Waals surface area contributed by atoms with E-state index in [0.29, 0.717) is 23.0 Å². The first-order chi connectivity index (χ1) is 12.2. The van der Waals surface area contributed by atoms with Crippen molar-refractivity contribution < 1.29 is 18.8 Å². The highest BCUT2D eigenvalue weighted by molar-refractivity contribution is 5.96. The minimum atomic E-state index is -0.276. The Balaban J connectivity index is 1.66. The molecule has 0 unspecified atom stereocenters. The van der Waals surface area contributed by atoms with Crippen LogP contribution in [0.4, 0.5) is 0 Å². The fourth-order valence-corrected chi connectivity index (χ4v) is 2.27.